The summed E-state index contributed by atoms with van der Waals surface area (Å²) in [4.78, 5) is 4.33. The molecule has 0 spiro atoms. The van der Waals surface area contributed by atoms with Gasteiger partial charge in [0, 0.05) is 44.9 Å². The lowest BCUT2D eigenvalue weighted by atomic mass is 10.1. The van der Waals surface area contributed by atoms with E-state index in [1.807, 2.05) is 13.8 Å². The van der Waals surface area contributed by atoms with Crippen molar-refractivity contribution in [1.82, 2.24) is 10.1 Å². The van der Waals surface area contributed by atoms with Crippen molar-refractivity contribution >= 4 is 5.88 Å². The molecule has 2 fully saturated rings. The molecule has 0 saturated carbocycles. The van der Waals surface area contributed by atoms with E-state index < -0.39 is 6.10 Å². The van der Waals surface area contributed by atoms with E-state index in [2.05, 4.69) is 15.0 Å². The van der Waals surface area contributed by atoms with Gasteiger partial charge in [-0.1, -0.05) is 5.16 Å². The van der Waals surface area contributed by atoms with E-state index in [1.165, 1.54) is 12.1 Å². The van der Waals surface area contributed by atoms with E-state index in [1.54, 1.807) is 12.1 Å². The number of aromatic nitrogens is 1. The molecule has 1 aromatic carbocycles. The highest BCUT2D eigenvalue weighted by molar-refractivity contribution is 5.68. The van der Waals surface area contributed by atoms with Gasteiger partial charge in [-0.05, 0) is 51.0 Å². The maximum absolute atomic E-state index is 13.6. The van der Waals surface area contributed by atoms with Gasteiger partial charge in [-0.2, -0.15) is 0 Å². The molecule has 0 radical (unpaired) electrons. The summed E-state index contributed by atoms with van der Waals surface area (Å²) in [6, 6.07) is 6.30. The number of nitrogens with zero attached hydrogens (tertiary/aromatic N) is 3. The molecule has 4 rings (SSSR count). The lowest BCUT2D eigenvalue weighted by molar-refractivity contribution is -0.0172. The lowest BCUT2D eigenvalue weighted by Gasteiger charge is -2.30. The van der Waals surface area contributed by atoms with Crippen molar-refractivity contribution in [3.63, 3.8) is 0 Å². The highest BCUT2D eigenvalue weighted by Gasteiger charge is 2.28. The zero-order chi connectivity index (χ0) is 23.9. The van der Waals surface area contributed by atoms with E-state index in [0.29, 0.717) is 57.5 Å². The predicted molar refractivity (Wildman–Crippen MR) is 126 cm³/mol. The van der Waals surface area contributed by atoms with Crippen molar-refractivity contribution < 1.29 is 28.2 Å². The Hall–Kier alpha value is -2.04. The second-order valence-electron chi connectivity index (χ2n) is 9.29. The van der Waals surface area contributed by atoms with Gasteiger partial charge in [0.05, 0.1) is 43.7 Å². The summed E-state index contributed by atoms with van der Waals surface area (Å²) >= 11 is 0. The number of anilines is 1. The van der Waals surface area contributed by atoms with Crippen LogP contribution in [0.1, 0.15) is 32.3 Å². The molecule has 34 heavy (non-hydrogen) atoms. The third kappa shape index (κ3) is 6.76. The number of aliphatic hydroxyl groups excluding tert-OH is 1. The van der Waals surface area contributed by atoms with Crippen LogP contribution in [0, 0.1) is 5.82 Å². The van der Waals surface area contributed by atoms with E-state index in [4.69, 9.17) is 18.7 Å². The zero-order valence-corrected chi connectivity index (χ0v) is 20.1. The molecule has 2 atom stereocenters. The highest BCUT2D eigenvalue weighted by Crippen LogP contribution is 2.33. The van der Waals surface area contributed by atoms with Crippen LogP contribution >= 0.6 is 0 Å². The molecule has 3 heterocycles. The summed E-state index contributed by atoms with van der Waals surface area (Å²) in [6.45, 7) is 9.25. The molecule has 0 unspecified atom stereocenters. The first kappa shape index (κ1) is 25.1. The number of aliphatic hydroxyl groups is 1. The Morgan fingerprint density at radius 1 is 1.21 bits per heavy atom. The third-order valence-corrected chi connectivity index (χ3v) is 6.14. The van der Waals surface area contributed by atoms with Gasteiger partial charge in [-0.3, -0.25) is 4.90 Å². The summed E-state index contributed by atoms with van der Waals surface area (Å²) in [6.07, 6.45) is 1.59. The van der Waals surface area contributed by atoms with Crippen molar-refractivity contribution in [2.24, 2.45) is 0 Å². The fourth-order valence-corrected chi connectivity index (χ4v) is 4.45. The molecule has 1 N–H and O–H groups in total. The molecule has 0 aliphatic carbocycles. The Labute approximate surface area is 200 Å². The average Bonchev–Trinajstić information content (AvgIpc) is 3.49. The zero-order valence-electron chi connectivity index (χ0n) is 20.1. The number of benzene rings is 1. The Kier molecular flexibility index (Phi) is 8.91. The van der Waals surface area contributed by atoms with Crippen LogP contribution in [0.5, 0.6) is 0 Å². The van der Waals surface area contributed by atoms with Crippen LogP contribution in [-0.4, -0.2) is 86.1 Å². The normalized spacial score (nSPS) is 19.9. The van der Waals surface area contributed by atoms with E-state index in [-0.39, 0.29) is 24.6 Å². The molecule has 0 amide bonds. The second kappa shape index (κ2) is 12.1. The van der Waals surface area contributed by atoms with Gasteiger partial charge in [0.2, 0.25) is 5.88 Å². The maximum Gasteiger partial charge on any atom is 0.232 e. The fourth-order valence-electron chi connectivity index (χ4n) is 4.45. The smallest absolute Gasteiger partial charge is 0.232 e. The summed E-state index contributed by atoms with van der Waals surface area (Å²) in [5, 5.41) is 15.1. The van der Waals surface area contributed by atoms with Crippen molar-refractivity contribution in [3.8, 4) is 11.3 Å². The minimum absolute atomic E-state index is 0.0531. The van der Waals surface area contributed by atoms with Crippen LogP contribution in [0.2, 0.25) is 0 Å². The first-order valence-electron chi connectivity index (χ1n) is 12.2. The number of morpholine rings is 1. The molecule has 2 aliphatic heterocycles. The Balaban J connectivity index is 1.60. The SMILES string of the molecule is CC(C)OC[C@@H](O)CN(Cc1c(-c2ccc(F)cc2)noc1N1CCOCC1)C[C@@H]1CCCO1. The number of rotatable bonds is 11. The van der Waals surface area contributed by atoms with Crippen LogP contribution in [0.3, 0.4) is 0 Å². The molecule has 9 heteroatoms. The van der Waals surface area contributed by atoms with Crippen LogP contribution in [-0.2, 0) is 20.8 Å². The van der Waals surface area contributed by atoms with Crippen molar-refractivity contribution in [2.45, 2.75) is 51.5 Å². The average molecular weight is 478 g/mol. The molecular formula is C25H36FN3O5. The molecule has 1 aromatic heterocycles. The lowest BCUT2D eigenvalue weighted by Crippen LogP contribution is -2.40. The minimum Gasteiger partial charge on any atom is -0.389 e. The van der Waals surface area contributed by atoms with Crippen molar-refractivity contribution in [2.75, 3.05) is 57.5 Å². The van der Waals surface area contributed by atoms with E-state index >= 15 is 0 Å². The summed E-state index contributed by atoms with van der Waals surface area (Å²) < 4.78 is 36.5. The van der Waals surface area contributed by atoms with Crippen LogP contribution < -0.4 is 4.90 Å². The Morgan fingerprint density at radius 2 is 1.97 bits per heavy atom. The molecule has 188 valence electrons. The van der Waals surface area contributed by atoms with Crippen molar-refractivity contribution in [3.05, 3.63) is 35.6 Å². The summed E-state index contributed by atoms with van der Waals surface area (Å²) in [5.41, 5.74) is 2.40. The van der Waals surface area contributed by atoms with Gasteiger partial charge in [-0.25, -0.2) is 4.39 Å². The number of hydrogen-bond donors (Lipinski definition) is 1. The number of hydrogen-bond acceptors (Lipinski definition) is 8. The molecule has 2 saturated heterocycles. The standard InChI is InChI=1S/C25H36FN3O5/c1-18(2)33-17-21(30)14-28(15-22-4-3-11-32-22)16-23-24(19-5-7-20(26)8-6-19)27-34-25(23)29-9-12-31-13-10-29/h5-8,18,21-22,30H,3-4,9-17H2,1-2H3/t21-,22-/m0/s1. The first-order valence-corrected chi connectivity index (χ1v) is 12.2. The van der Waals surface area contributed by atoms with Gasteiger partial charge < -0.3 is 28.7 Å². The molecule has 0 bridgehead atoms. The van der Waals surface area contributed by atoms with Crippen LogP contribution in [0.25, 0.3) is 11.3 Å². The second-order valence-corrected chi connectivity index (χ2v) is 9.29. The number of ether oxygens (including phenoxy) is 3. The van der Waals surface area contributed by atoms with E-state index in [0.717, 1.165) is 30.6 Å². The van der Waals surface area contributed by atoms with Crippen LogP contribution in [0.15, 0.2) is 28.8 Å². The maximum atomic E-state index is 13.6. The summed E-state index contributed by atoms with van der Waals surface area (Å²) in [7, 11) is 0. The Bertz CT molecular complexity index is 879. The van der Waals surface area contributed by atoms with Gasteiger partial charge in [-0.15, -0.1) is 0 Å². The largest absolute Gasteiger partial charge is 0.389 e. The van der Waals surface area contributed by atoms with E-state index in [9.17, 15) is 9.50 Å². The highest BCUT2D eigenvalue weighted by atomic mass is 19.1. The fraction of sp³-hybridized carbons (Fsp3) is 0.640. The molecule has 8 nitrogen and oxygen atoms in total. The number of halogens is 1. The minimum atomic E-state index is -0.634. The topological polar surface area (TPSA) is 80.4 Å². The van der Waals surface area contributed by atoms with Crippen molar-refractivity contribution in [1.29, 1.82) is 0 Å². The van der Waals surface area contributed by atoms with Gasteiger partial charge in [0.15, 0.2) is 0 Å². The van der Waals surface area contributed by atoms with Gasteiger partial charge in [0.25, 0.3) is 0 Å². The first-order chi connectivity index (χ1) is 16.5. The molecule has 2 aliphatic rings. The quantitative estimate of drug-likeness (QED) is 0.529. The van der Waals surface area contributed by atoms with Gasteiger partial charge >= 0.3 is 0 Å². The monoisotopic (exact) mass is 477 g/mol. The third-order valence-electron chi connectivity index (χ3n) is 6.14. The van der Waals surface area contributed by atoms with Crippen LogP contribution in [0.4, 0.5) is 10.3 Å². The summed E-state index contributed by atoms with van der Waals surface area (Å²) in [5.74, 6) is 0.406. The predicted octanol–water partition coefficient (Wildman–Crippen LogP) is 3.08. The molecular weight excluding hydrogens is 441 g/mol. The Morgan fingerprint density at radius 3 is 2.65 bits per heavy atom. The molecule has 2 aromatic rings. The van der Waals surface area contributed by atoms with Gasteiger partial charge in [0.1, 0.15) is 11.5 Å².